The van der Waals surface area contributed by atoms with Crippen LogP contribution in [0.5, 0.6) is 17.4 Å². The first-order valence-corrected chi connectivity index (χ1v) is 15.2. The molecule has 2 heterocycles. The van der Waals surface area contributed by atoms with Gasteiger partial charge in [0, 0.05) is 55.6 Å². The Labute approximate surface area is 269 Å². The Bertz CT molecular complexity index is 1670. The van der Waals surface area contributed by atoms with Gasteiger partial charge in [-0.25, -0.2) is 9.78 Å². The Balaban J connectivity index is 1.40. The third-order valence-electron chi connectivity index (χ3n) is 8.01. The van der Waals surface area contributed by atoms with Crippen molar-refractivity contribution in [2.24, 2.45) is 0 Å². The maximum atomic E-state index is 13.0. The van der Waals surface area contributed by atoms with Gasteiger partial charge in [-0.3, -0.25) is 10.2 Å². The topological polar surface area (TPSA) is 101 Å². The quantitative estimate of drug-likeness (QED) is 0.197. The largest absolute Gasteiger partial charge is 0.497 e. The molecule has 1 aliphatic rings. The van der Waals surface area contributed by atoms with Crippen LogP contribution in [0.1, 0.15) is 25.0 Å². The number of nitrogens with zero attached hydrogens (tertiary/aromatic N) is 4. The van der Waals surface area contributed by atoms with Gasteiger partial charge in [-0.05, 0) is 69.2 Å². The highest BCUT2D eigenvalue weighted by atomic mass is 35.5. The van der Waals surface area contributed by atoms with Crippen molar-refractivity contribution >= 4 is 40.7 Å². The standard InChI is InChI=1S/C34H39ClN6O4/c1-21(2)40-14-16-41(17-15-40)30-13-10-24(18-27(30)35)36-33-37-29(26-9-7-8-22(3)23(26)4)20-32(39-33)45-34(42)38-28-12-11-25(43-5)19-31(28)44-6/h7-13,18-21H,14-17H2,1-6H3,(H,38,42)(H,36,37,39). The number of rotatable bonds is 9. The molecular weight excluding hydrogens is 592 g/mol. The summed E-state index contributed by atoms with van der Waals surface area (Å²) < 4.78 is 16.3. The van der Waals surface area contributed by atoms with E-state index < -0.39 is 6.09 Å². The van der Waals surface area contributed by atoms with Gasteiger partial charge >= 0.3 is 6.09 Å². The number of piperazine rings is 1. The minimum Gasteiger partial charge on any atom is -0.497 e. The zero-order valence-electron chi connectivity index (χ0n) is 26.5. The third kappa shape index (κ3) is 7.58. The van der Waals surface area contributed by atoms with Crippen LogP contribution in [0.2, 0.25) is 5.02 Å². The predicted octanol–water partition coefficient (Wildman–Crippen LogP) is 7.32. The van der Waals surface area contributed by atoms with Crippen LogP contribution in [0.3, 0.4) is 0 Å². The number of aryl methyl sites for hydroxylation is 1. The van der Waals surface area contributed by atoms with Gasteiger partial charge in [0.15, 0.2) is 0 Å². The number of anilines is 4. The number of carbonyl (C=O) groups excluding carboxylic acids is 1. The SMILES string of the molecule is COc1ccc(NC(=O)Oc2cc(-c3cccc(C)c3C)nc(Nc3ccc(N4CCN(C(C)C)CC4)c(Cl)c3)n2)c(OC)c1. The van der Waals surface area contributed by atoms with Gasteiger partial charge in [-0.2, -0.15) is 4.98 Å². The molecule has 1 saturated heterocycles. The van der Waals surface area contributed by atoms with Crippen LogP contribution in [0.25, 0.3) is 11.3 Å². The maximum Gasteiger partial charge on any atom is 0.418 e. The molecule has 5 rings (SSSR count). The van der Waals surface area contributed by atoms with E-state index in [0.29, 0.717) is 39.6 Å². The lowest BCUT2D eigenvalue weighted by atomic mass is 10.0. The van der Waals surface area contributed by atoms with Gasteiger partial charge < -0.3 is 24.4 Å². The van der Waals surface area contributed by atoms with E-state index in [1.54, 1.807) is 31.4 Å². The highest BCUT2D eigenvalue weighted by molar-refractivity contribution is 6.33. The fourth-order valence-electron chi connectivity index (χ4n) is 5.28. The molecule has 0 radical (unpaired) electrons. The number of hydrogen-bond donors (Lipinski definition) is 2. The van der Waals surface area contributed by atoms with Crippen molar-refractivity contribution in [2.45, 2.75) is 33.7 Å². The van der Waals surface area contributed by atoms with E-state index in [2.05, 4.69) is 39.3 Å². The van der Waals surface area contributed by atoms with E-state index in [-0.39, 0.29) is 11.8 Å². The van der Waals surface area contributed by atoms with Crippen molar-refractivity contribution in [2.75, 3.05) is 55.9 Å². The number of hydrogen-bond acceptors (Lipinski definition) is 9. The number of carbonyl (C=O) groups is 1. The van der Waals surface area contributed by atoms with Crippen molar-refractivity contribution in [1.29, 1.82) is 0 Å². The van der Waals surface area contributed by atoms with E-state index >= 15 is 0 Å². The molecule has 1 amide bonds. The number of benzene rings is 3. The van der Waals surface area contributed by atoms with Crippen molar-refractivity contribution in [3.05, 3.63) is 76.8 Å². The Morgan fingerprint density at radius 3 is 2.40 bits per heavy atom. The van der Waals surface area contributed by atoms with E-state index in [4.69, 9.17) is 30.8 Å². The van der Waals surface area contributed by atoms with Crippen molar-refractivity contribution in [1.82, 2.24) is 14.9 Å². The summed E-state index contributed by atoms with van der Waals surface area (Å²) in [7, 11) is 3.07. The monoisotopic (exact) mass is 630 g/mol. The zero-order valence-corrected chi connectivity index (χ0v) is 27.2. The molecule has 11 heteroatoms. The molecule has 2 N–H and O–H groups in total. The molecule has 1 aliphatic heterocycles. The number of methoxy groups -OCH3 is 2. The highest BCUT2D eigenvalue weighted by Crippen LogP contribution is 2.33. The lowest BCUT2D eigenvalue weighted by Gasteiger charge is -2.38. The molecule has 1 aromatic heterocycles. The lowest BCUT2D eigenvalue weighted by Crippen LogP contribution is -2.49. The fourth-order valence-corrected chi connectivity index (χ4v) is 5.58. The second-order valence-corrected chi connectivity index (χ2v) is 11.6. The Hall–Kier alpha value is -4.54. The second-order valence-electron chi connectivity index (χ2n) is 11.2. The lowest BCUT2D eigenvalue weighted by molar-refractivity contribution is 0.209. The average molecular weight is 631 g/mol. The first-order valence-electron chi connectivity index (χ1n) is 14.9. The van der Waals surface area contributed by atoms with Gasteiger partial charge in [-0.15, -0.1) is 0 Å². The molecule has 0 bridgehead atoms. The van der Waals surface area contributed by atoms with Crippen LogP contribution >= 0.6 is 11.6 Å². The Kier molecular flexibility index (Phi) is 9.95. The molecule has 0 saturated carbocycles. The normalized spacial score (nSPS) is 13.5. The van der Waals surface area contributed by atoms with Crippen LogP contribution in [-0.4, -0.2) is 67.4 Å². The molecule has 45 heavy (non-hydrogen) atoms. The van der Waals surface area contributed by atoms with E-state index in [9.17, 15) is 4.79 Å². The van der Waals surface area contributed by atoms with Crippen molar-refractivity contribution in [3.63, 3.8) is 0 Å². The zero-order chi connectivity index (χ0) is 32.1. The van der Waals surface area contributed by atoms with Crippen LogP contribution in [0.15, 0.2) is 60.7 Å². The van der Waals surface area contributed by atoms with Gasteiger partial charge in [-0.1, -0.05) is 29.8 Å². The number of ether oxygens (including phenoxy) is 3. The van der Waals surface area contributed by atoms with Crippen LogP contribution < -0.4 is 29.7 Å². The summed E-state index contributed by atoms with van der Waals surface area (Å²) in [6, 6.07) is 19.0. The minimum absolute atomic E-state index is 0.0686. The Morgan fingerprint density at radius 1 is 0.933 bits per heavy atom. The van der Waals surface area contributed by atoms with Crippen molar-refractivity contribution < 1.29 is 19.0 Å². The van der Waals surface area contributed by atoms with E-state index in [1.807, 2.05) is 50.2 Å². The summed E-state index contributed by atoms with van der Waals surface area (Å²) in [4.78, 5) is 27.1. The molecule has 0 aliphatic carbocycles. The summed E-state index contributed by atoms with van der Waals surface area (Å²) >= 11 is 6.78. The van der Waals surface area contributed by atoms with Gasteiger partial charge in [0.2, 0.25) is 11.8 Å². The van der Waals surface area contributed by atoms with Crippen LogP contribution in [-0.2, 0) is 0 Å². The summed E-state index contributed by atoms with van der Waals surface area (Å²) in [5, 5.41) is 6.60. The minimum atomic E-state index is -0.736. The number of aromatic nitrogens is 2. The molecule has 0 atom stereocenters. The third-order valence-corrected chi connectivity index (χ3v) is 8.32. The number of nitrogens with one attached hydrogen (secondary N) is 2. The summed E-state index contributed by atoms with van der Waals surface area (Å²) in [6.07, 6.45) is -0.736. The number of halogens is 1. The molecule has 0 spiro atoms. The van der Waals surface area contributed by atoms with Gasteiger partial charge in [0.25, 0.3) is 0 Å². The highest BCUT2D eigenvalue weighted by Gasteiger charge is 2.21. The first kappa shape index (κ1) is 31.9. The van der Waals surface area contributed by atoms with Gasteiger partial charge in [0.05, 0.1) is 36.3 Å². The van der Waals surface area contributed by atoms with Crippen LogP contribution in [0.4, 0.5) is 27.8 Å². The molecule has 0 unspecified atom stereocenters. The fraction of sp³-hybridized carbons (Fsp3) is 0.324. The number of amides is 1. The summed E-state index contributed by atoms with van der Waals surface area (Å²) in [5.74, 6) is 1.35. The molecule has 3 aromatic carbocycles. The summed E-state index contributed by atoms with van der Waals surface area (Å²) in [5.41, 5.74) is 5.80. The molecule has 1 fully saturated rings. The molecule has 4 aromatic rings. The molecular formula is C34H39ClN6O4. The Morgan fingerprint density at radius 2 is 1.71 bits per heavy atom. The van der Waals surface area contributed by atoms with E-state index in [1.165, 1.54) is 7.11 Å². The molecule has 10 nitrogen and oxygen atoms in total. The second kappa shape index (κ2) is 14.0. The maximum absolute atomic E-state index is 13.0. The molecule has 236 valence electrons. The van der Waals surface area contributed by atoms with Crippen LogP contribution in [0, 0.1) is 13.8 Å². The predicted molar refractivity (Wildman–Crippen MR) is 180 cm³/mol. The smallest absolute Gasteiger partial charge is 0.418 e. The van der Waals surface area contributed by atoms with Crippen molar-refractivity contribution in [3.8, 4) is 28.6 Å². The van der Waals surface area contributed by atoms with Gasteiger partial charge in [0.1, 0.15) is 11.5 Å². The first-order chi connectivity index (χ1) is 21.6. The van der Waals surface area contributed by atoms with E-state index in [0.717, 1.165) is 48.6 Å². The summed E-state index contributed by atoms with van der Waals surface area (Å²) in [6.45, 7) is 12.3. The average Bonchev–Trinajstić information content (AvgIpc) is 3.02.